The lowest BCUT2D eigenvalue weighted by molar-refractivity contribution is 0.163. The van der Waals surface area contributed by atoms with Crippen molar-refractivity contribution in [1.29, 1.82) is 0 Å². The number of nitrogens with zero attached hydrogens (tertiary/aromatic N) is 8. The number of fused-ring (bicyclic) bond motifs is 1. The van der Waals surface area contributed by atoms with Gasteiger partial charge in [0.15, 0.2) is 59.8 Å². The maximum Gasteiger partial charge on any atom is 0.369 e. The van der Waals surface area contributed by atoms with Crippen LogP contribution in [0, 0.1) is 0 Å². The second kappa shape index (κ2) is 33.0. The van der Waals surface area contributed by atoms with Gasteiger partial charge in [-0.15, -0.1) is 47.3 Å². The van der Waals surface area contributed by atoms with Crippen molar-refractivity contribution in [1.82, 2.24) is 39.9 Å². The number of ether oxygens (including phenoxy) is 4. The molecule has 0 fully saturated rings. The third-order valence-corrected chi connectivity index (χ3v) is 19.3. The van der Waals surface area contributed by atoms with E-state index >= 15 is 0 Å². The molecular weight excluding hydrogens is 1270 g/mol. The SMILES string of the molecule is BrB(Br)Br.Brc1ncc2c(n1)OCCO2.C.CC(C)(C)[Si](C)(C)OCCO.CC(C)(C)[Si](C)(C)OCCOc1cnc(Cl)nc1Cl.COc1cnc(Cl)nc1Cl.Oc1cnc(Cl)nc1Cl. The molecule has 1 aliphatic rings. The molecule has 16 nitrogen and oxygen atoms in total. The van der Waals surface area contributed by atoms with Crippen LogP contribution in [0.1, 0.15) is 49.0 Å². The van der Waals surface area contributed by atoms with Crippen LogP contribution in [0.2, 0.25) is 67.6 Å². The molecule has 0 spiro atoms. The zero-order chi connectivity index (χ0) is 49.5. The van der Waals surface area contributed by atoms with Crippen molar-refractivity contribution in [2.45, 2.75) is 85.2 Å². The number of hydrogen-bond donors (Lipinski definition) is 2. The fourth-order valence-corrected chi connectivity index (χ4v) is 6.61. The van der Waals surface area contributed by atoms with Gasteiger partial charge in [-0.1, -0.05) is 83.8 Å². The first-order valence-corrected chi connectivity index (χ1v) is 30.1. The molecule has 5 heterocycles. The highest BCUT2D eigenvalue weighted by molar-refractivity contribution is 9.69. The second-order valence-corrected chi connectivity index (χ2v) is 34.0. The average molecular weight is 1330 g/mol. The Morgan fingerprint density at radius 2 is 1.09 bits per heavy atom. The fourth-order valence-electron chi connectivity index (χ4n) is 3.24. The highest BCUT2D eigenvalue weighted by atomic mass is 79.9. The van der Waals surface area contributed by atoms with Gasteiger partial charge >= 0.3 is 3.18 Å². The van der Waals surface area contributed by atoms with Gasteiger partial charge in [0.1, 0.15) is 19.8 Å². The molecule has 0 unspecified atom stereocenters. The number of rotatable bonds is 9. The molecule has 0 atom stereocenters. The molecule has 0 bridgehead atoms. The maximum absolute atomic E-state index is 8.73. The summed E-state index contributed by atoms with van der Waals surface area (Å²) in [6.07, 6.45) is 5.60. The predicted molar refractivity (Wildman–Crippen MR) is 283 cm³/mol. The Balaban J connectivity index is 0. The van der Waals surface area contributed by atoms with Gasteiger partial charge in [0.25, 0.3) is 5.88 Å². The lowest BCUT2D eigenvalue weighted by Crippen LogP contribution is -2.41. The van der Waals surface area contributed by atoms with E-state index in [1.807, 2.05) is 0 Å². The Bertz CT molecular complexity index is 1990. The zero-order valence-corrected chi connectivity index (χ0v) is 49.7. The largest absolute Gasteiger partial charge is 0.504 e. The summed E-state index contributed by atoms with van der Waals surface area (Å²) in [5.41, 5.74) is 0. The zero-order valence-electron chi connectivity index (χ0n) is 36.8. The molecule has 4 aromatic heterocycles. The Morgan fingerprint density at radius 1 is 0.662 bits per heavy atom. The smallest absolute Gasteiger partial charge is 0.369 e. The van der Waals surface area contributed by atoms with Crippen molar-refractivity contribution in [3.8, 4) is 28.9 Å². The highest BCUT2D eigenvalue weighted by Gasteiger charge is 2.37. The van der Waals surface area contributed by atoms with E-state index in [0.717, 1.165) is 6.20 Å². The summed E-state index contributed by atoms with van der Waals surface area (Å²) < 4.78 is 33.1. The molecule has 0 amide bonds. The van der Waals surface area contributed by atoms with Gasteiger partial charge in [-0.05, 0) is 87.0 Å². The van der Waals surface area contributed by atoms with E-state index in [0.29, 0.717) is 60.9 Å². The maximum atomic E-state index is 8.73. The van der Waals surface area contributed by atoms with E-state index in [1.54, 1.807) is 6.20 Å². The van der Waals surface area contributed by atoms with Crippen molar-refractivity contribution < 1.29 is 38.0 Å². The van der Waals surface area contributed by atoms with Gasteiger partial charge in [0, 0.05) is 0 Å². The van der Waals surface area contributed by atoms with E-state index < -0.39 is 16.6 Å². The summed E-state index contributed by atoms with van der Waals surface area (Å²) in [6.45, 7) is 24.6. The van der Waals surface area contributed by atoms with Gasteiger partial charge in [-0.25, -0.2) is 34.9 Å². The van der Waals surface area contributed by atoms with Crippen molar-refractivity contribution in [3.63, 3.8) is 0 Å². The summed E-state index contributed by atoms with van der Waals surface area (Å²) in [7, 11) is -1.83. The fraction of sp³-hybridized carbons (Fsp3) is 0.556. The Kier molecular flexibility index (Phi) is 33.8. The number of aliphatic hydroxyl groups is 1. The highest BCUT2D eigenvalue weighted by Crippen LogP contribution is 2.37. The molecule has 0 saturated heterocycles. The lowest BCUT2D eigenvalue weighted by atomic mass is 10.2. The van der Waals surface area contributed by atoms with Crippen LogP contribution in [0.5, 0.6) is 28.9 Å². The molecule has 4 aromatic rings. The number of hydrogen-bond acceptors (Lipinski definition) is 16. The van der Waals surface area contributed by atoms with Crippen molar-refractivity contribution in [2.75, 3.05) is 46.8 Å². The molecule has 1 aliphatic heterocycles. The van der Waals surface area contributed by atoms with E-state index in [2.05, 4.69) is 171 Å². The quantitative estimate of drug-likeness (QED) is 0.0693. The summed E-state index contributed by atoms with van der Waals surface area (Å²) in [6, 6.07) is 0. The van der Waals surface area contributed by atoms with Crippen LogP contribution in [-0.2, 0) is 8.85 Å². The first-order valence-electron chi connectivity index (χ1n) is 18.5. The number of aliphatic hydroxyl groups excluding tert-OH is 1. The Hall–Kier alpha value is -0.641. The van der Waals surface area contributed by atoms with Crippen LogP contribution in [0.15, 0.2) is 29.5 Å². The molecule has 0 aliphatic carbocycles. The molecule has 368 valence electrons. The molecule has 0 aromatic carbocycles. The van der Waals surface area contributed by atoms with Gasteiger partial charge in [-0.2, -0.15) is 4.98 Å². The standard InChI is InChI=1S/C12H20Cl2N2O2Si.C8H20O2Si.C6H5BrN2O2.C5H4Cl2N2O.C4H2Cl2N2O.CH4.BBr3/c1-12(2,3)19(4,5)18-7-6-17-9-8-15-11(14)16-10(9)13;1-8(2,3)11(4,5)10-7-6-9;7-6-8-3-4-5(9-6)11-2-1-10-4;1-10-3-2-8-5(7)9-4(3)6;5-3-2(9)1-7-4(6)8-3;;2-1(3)4/h8H,6-7H2,1-5H3;9H,6-7H2,1-5H3;3H,1-2H2;2H,1H3;1,9H;1H4;. The number of halogens is 10. The first kappa shape index (κ1) is 66.4. The minimum Gasteiger partial charge on any atom is -0.504 e. The van der Waals surface area contributed by atoms with Crippen molar-refractivity contribution in [3.05, 3.63) is 60.8 Å². The van der Waals surface area contributed by atoms with Crippen molar-refractivity contribution >= 4 is 153 Å². The number of aromatic nitrogens is 8. The van der Waals surface area contributed by atoms with Gasteiger partial charge in [0.2, 0.25) is 15.9 Å². The van der Waals surface area contributed by atoms with Crippen LogP contribution in [0.25, 0.3) is 0 Å². The topological polar surface area (TPSA) is 199 Å². The first-order chi connectivity index (χ1) is 29.5. The Morgan fingerprint density at radius 3 is 1.51 bits per heavy atom. The minimum atomic E-state index is -1.73. The summed E-state index contributed by atoms with van der Waals surface area (Å²) in [5, 5.41) is 18.4. The van der Waals surface area contributed by atoms with E-state index in [4.69, 9.17) is 108 Å². The Labute approximate surface area is 448 Å². The molecule has 65 heavy (non-hydrogen) atoms. The summed E-state index contributed by atoms with van der Waals surface area (Å²) >= 11 is 45.5. The van der Waals surface area contributed by atoms with Gasteiger partial charge in [-0.3, -0.25) is 0 Å². The van der Waals surface area contributed by atoms with E-state index in [9.17, 15) is 0 Å². The van der Waals surface area contributed by atoms with Crippen LogP contribution >= 0.6 is 133 Å². The van der Waals surface area contributed by atoms with Crippen LogP contribution in [0.3, 0.4) is 0 Å². The minimum absolute atomic E-state index is 0. The molecular formula is C36H55BBr4Cl6N8O8Si2. The monoisotopic (exact) mass is 1320 g/mol. The van der Waals surface area contributed by atoms with Gasteiger partial charge in [0.05, 0.1) is 51.7 Å². The predicted octanol–water partition coefficient (Wildman–Crippen LogP) is 13.3. The average Bonchev–Trinajstić information content (AvgIpc) is 3.18. The molecule has 5 rings (SSSR count). The van der Waals surface area contributed by atoms with Crippen LogP contribution in [0.4, 0.5) is 0 Å². The third-order valence-electron chi connectivity index (χ3n) is 8.52. The van der Waals surface area contributed by atoms with Crippen LogP contribution < -0.4 is 18.9 Å². The number of methoxy groups -OCH3 is 1. The second-order valence-electron chi connectivity index (χ2n) is 15.1. The van der Waals surface area contributed by atoms with Gasteiger partial charge < -0.3 is 38.0 Å². The molecule has 0 radical (unpaired) electrons. The van der Waals surface area contributed by atoms with Crippen LogP contribution in [-0.4, -0.2) is 117 Å². The lowest BCUT2D eigenvalue weighted by Gasteiger charge is -2.36. The molecule has 29 heteroatoms. The summed E-state index contributed by atoms with van der Waals surface area (Å²) in [4.78, 5) is 29.7. The third kappa shape index (κ3) is 28.6. The van der Waals surface area contributed by atoms with Crippen molar-refractivity contribution in [2.24, 2.45) is 0 Å². The molecule has 2 N–H and O–H groups in total. The van der Waals surface area contributed by atoms with E-state index in [1.165, 1.54) is 19.5 Å². The molecule has 0 saturated carbocycles. The summed E-state index contributed by atoms with van der Waals surface area (Å²) in [5.74, 6) is 1.80. The normalized spacial score (nSPS) is 11.7. The number of aromatic hydroxyl groups is 1. The van der Waals surface area contributed by atoms with E-state index in [-0.39, 0.29) is 64.4 Å².